The van der Waals surface area contributed by atoms with Crippen LogP contribution in [0.2, 0.25) is 5.02 Å². The molecule has 0 spiro atoms. The van der Waals surface area contributed by atoms with Crippen LogP contribution in [0.25, 0.3) is 11.0 Å². The van der Waals surface area contributed by atoms with Crippen LogP contribution in [0.3, 0.4) is 0 Å². The highest BCUT2D eigenvalue weighted by atomic mass is 35.5. The molecule has 0 fully saturated rings. The first-order chi connectivity index (χ1) is 14.0. The summed E-state index contributed by atoms with van der Waals surface area (Å²) in [6, 6.07) is 9.91. The summed E-state index contributed by atoms with van der Waals surface area (Å²) in [4.78, 5) is 16.7. The van der Waals surface area contributed by atoms with Crippen molar-refractivity contribution in [1.82, 2.24) is 13.9 Å². The van der Waals surface area contributed by atoms with E-state index in [-0.39, 0.29) is 26.8 Å². The molecule has 0 bridgehead atoms. The molecule has 0 radical (unpaired) electrons. The molecule has 0 aliphatic rings. The Morgan fingerprint density at radius 1 is 1.20 bits per heavy atom. The van der Waals surface area contributed by atoms with Gasteiger partial charge in [0.1, 0.15) is 0 Å². The highest BCUT2D eigenvalue weighted by Gasteiger charge is 2.26. The molecule has 1 unspecified atom stereocenters. The van der Waals surface area contributed by atoms with E-state index in [2.05, 4.69) is 4.98 Å². The summed E-state index contributed by atoms with van der Waals surface area (Å²) in [5.74, 6) is -1.11. The smallest absolute Gasteiger partial charge is 0.340 e. The maximum Gasteiger partial charge on any atom is 0.340 e. The number of esters is 1. The van der Waals surface area contributed by atoms with Crippen LogP contribution in [0.4, 0.5) is 8.78 Å². The molecule has 160 valence electrons. The average molecular weight is 458 g/mol. The Kier molecular flexibility index (Phi) is 6.11. The molecule has 1 heterocycles. The largest absolute Gasteiger partial charge is 0.451 e. The summed E-state index contributed by atoms with van der Waals surface area (Å²) in [5.41, 5.74) is 0.321. The Hall–Kier alpha value is -2.56. The molecule has 0 saturated carbocycles. The number of ether oxygens (including phenoxy) is 1. The summed E-state index contributed by atoms with van der Waals surface area (Å²) >= 11 is 6.05. The normalized spacial score (nSPS) is 13.2. The number of para-hydroxylation sites is 2. The fourth-order valence-corrected chi connectivity index (χ4v) is 3.99. The summed E-state index contributed by atoms with van der Waals surface area (Å²) in [6.07, 6.45) is -1.15. The second kappa shape index (κ2) is 8.29. The molecule has 0 N–H and O–H groups in total. The molecule has 0 aliphatic heterocycles. The number of rotatable bonds is 6. The number of halogens is 3. The van der Waals surface area contributed by atoms with Crippen LogP contribution in [0.1, 0.15) is 35.8 Å². The molecule has 0 saturated heterocycles. The van der Waals surface area contributed by atoms with Gasteiger partial charge in [-0.15, -0.1) is 0 Å². The van der Waals surface area contributed by atoms with Crippen LogP contribution in [-0.4, -0.2) is 42.3 Å². The van der Waals surface area contributed by atoms with Crippen molar-refractivity contribution in [2.24, 2.45) is 0 Å². The first-order valence-electron chi connectivity index (χ1n) is 8.72. The van der Waals surface area contributed by atoms with Crippen LogP contribution in [-0.2, 0) is 14.8 Å². The van der Waals surface area contributed by atoms with Crippen molar-refractivity contribution in [2.75, 3.05) is 14.1 Å². The van der Waals surface area contributed by atoms with E-state index >= 15 is 0 Å². The summed E-state index contributed by atoms with van der Waals surface area (Å²) in [5, 5.41) is -0.0349. The Balaban J connectivity index is 1.96. The number of carbonyl (C=O) groups excluding carboxylic acids is 1. The molecule has 3 aromatic rings. The van der Waals surface area contributed by atoms with Crippen LogP contribution in [0.5, 0.6) is 0 Å². The van der Waals surface area contributed by atoms with E-state index in [4.69, 9.17) is 16.3 Å². The van der Waals surface area contributed by atoms with Gasteiger partial charge in [0, 0.05) is 14.1 Å². The second-order valence-electron chi connectivity index (χ2n) is 6.58. The number of sulfonamides is 1. The quantitative estimate of drug-likeness (QED) is 0.517. The Morgan fingerprint density at radius 2 is 1.87 bits per heavy atom. The lowest BCUT2D eigenvalue weighted by atomic mass is 10.2. The minimum atomic E-state index is -3.81. The molecular formula is C19H18ClF2N3O4S. The van der Waals surface area contributed by atoms with Crippen LogP contribution in [0.15, 0.2) is 47.4 Å². The zero-order valence-electron chi connectivity index (χ0n) is 16.2. The highest BCUT2D eigenvalue weighted by molar-refractivity contribution is 7.89. The van der Waals surface area contributed by atoms with Gasteiger partial charge in [-0.05, 0) is 37.3 Å². The number of hydrogen-bond donors (Lipinski definition) is 0. The van der Waals surface area contributed by atoms with Crippen LogP contribution >= 0.6 is 11.6 Å². The number of carbonyl (C=O) groups is 1. The minimum absolute atomic E-state index is 0.0349. The number of fused-ring (bicyclic) bond motifs is 1. The molecule has 0 aliphatic carbocycles. The van der Waals surface area contributed by atoms with Crippen molar-refractivity contribution in [1.29, 1.82) is 0 Å². The molecule has 30 heavy (non-hydrogen) atoms. The number of nitrogens with zero attached hydrogens (tertiary/aromatic N) is 3. The fourth-order valence-electron chi connectivity index (χ4n) is 2.86. The highest BCUT2D eigenvalue weighted by Crippen LogP contribution is 2.30. The Labute approximate surface area is 176 Å². The number of benzene rings is 2. The van der Waals surface area contributed by atoms with E-state index in [9.17, 15) is 22.0 Å². The Bertz CT molecular complexity index is 1210. The lowest BCUT2D eigenvalue weighted by Crippen LogP contribution is -2.22. The van der Waals surface area contributed by atoms with Gasteiger partial charge in [-0.25, -0.2) is 22.5 Å². The number of alkyl halides is 2. The predicted octanol–water partition coefficient (Wildman–Crippen LogP) is 4.25. The van der Waals surface area contributed by atoms with Gasteiger partial charge in [0.05, 0.1) is 26.5 Å². The van der Waals surface area contributed by atoms with Crippen LogP contribution < -0.4 is 0 Å². The van der Waals surface area contributed by atoms with Gasteiger partial charge >= 0.3 is 12.5 Å². The molecule has 0 amide bonds. The maximum absolute atomic E-state index is 13.6. The maximum atomic E-state index is 13.6. The van der Waals surface area contributed by atoms with Gasteiger partial charge in [0.2, 0.25) is 10.0 Å². The SMILES string of the molecule is CC(OC(=O)c1cc(S(=O)(=O)N(C)C)ccc1Cl)c1nc2ccccc2n1C(F)F. The lowest BCUT2D eigenvalue weighted by Gasteiger charge is -2.16. The summed E-state index contributed by atoms with van der Waals surface area (Å²) < 4.78 is 58.9. The van der Waals surface area contributed by atoms with Crippen molar-refractivity contribution in [3.05, 3.63) is 58.9 Å². The minimum Gasteiger partial charge on any atom is -0.451 e. The first-order valence-corrected chi connectivity index (χ1v) is 10.5. The van der Waals surface area contributed by atoms with Crippen molar-refractivity contribution in [3.63, 3.8) is 0 Å². The monoisotopic (exact) mass is 457 g/mol. The van der Waals surface area contributed by atoms with Crippen molar-refractivity contribution >= 4 is 38.6 Å². The van der Waals surface area contributed by atoms with Gasteiger partial charge in [-0.1, -0.05) is 23.7 Å². The van der Waals surface area contributed by atoms with Crippen molar-refractivity contribution in [2.45, 2.75) is 24.5 Å². The van der Waals surface area contributed by atoms with Crippen LogP contribution in [0, 0.1) is 0 Å². The summed E-state index contributed by atoms with van der Waals surface area (Å²) in [6.45, 7) is -1.50. The Morgan fingerprint density at radius 3 is 2.50 bits per heavy atom. The van der Waals surface area contributed by atoms with Gasteiger partial charge in [0.25, 0.3) is 0 Å². The number of aromatic nitrogens is 2. The van der Waals surface area contributed by atoms with Gasteiger partial charge in [-0.2, -0.15) is 8.78 Å². The molecular weight excluding hydrogens is 440 g/mol. The van der Waals surface area contributed by atoms with E-state index in [0.29, 0.717) is 10.1 Å². The third kappa shape index (κ3) is 4.03. The second-order valence-corrected chi connectivity index (χ2v) is 9.14. The van der Waals surface area contributed by atoms with E-state index in [1.54, 1.807) is 18.2 Å². The van der Waals surface area contributed by atoms with E-state index < -0.39 is 28.6 Å². The lowest BCUT2D eigenvalue weighted by molar-refractivity contribution is 0.0233. The molecule has 2 aromatic carbocycles. The number of hydrogen-bond acceptors (Lipinski definition) is 5. The third-order valence-corrected chi connectivity index (χ3v) is 6.54. The fraction of sp³-hybridized carbons (Fsp3) is 0.263. The summed E-state index contributed by atoms with van der Waals surface area (Å²) in [7, 11) is -1.12. The third-order valence-electron chi connectivity index (χ3n) is 4.40. The molecule has 3 rings (SSSR count). The van der Waals surface area contributed by atoms with Crippen molar-refractivity contribution < 1.29 is 26.7 Å². The van der Waals surface area contributed by atoms with E-state index in [0.717, 1.165) is 10.4 Å². The average Bonchev–Trinajstić information content (AvgIpc) is 3.07. The zero-order valence-corrected chi connectivity index (χ0v) is 17.8. The van der Waals surface area contributed by atoms with Gasteiger partial charge in [-0.3, -0.25) is 4.57 Å². The standard InChI is InChI=1S/C19H18ClF2N3O4S/c1-11(17-23-15-6-4-5-7-16(15)25(17)19(21)22)29-18(26)13-10-12(8-9-14(13)20)30(27,28)24(2)3/h4-11,19H,1-3H3. The van der Waals surface area contributed by atoms with Crippen molar-refractivity contribution in [3.8, 4) is 0 Å². The zero-order chi connectivity index (χ0) is 22.2. The topological polar surface area (TPSA) is 81.5 Å². The van der Waals surface area contributed by atoms with Gasteiger partial charge in [0.15, 0.2) is 11.9 Å². The van der Waals surface area contributed by atoms with E-state index in [1.165, 1.54) is 39.2 Å². The molecule has 1 atom stereocenters. The first kappa shape index (κ1) is 22.1. The van der Waals surface area contributed by atoms with Gasteiger partial charge < -0.3 is 4.74 Å². The molecule has 7 nitrogen and oxygen atoms in total. The number of imidazole rings is 1. The molecule has 1 aromatic heterocycles. The molecule has 11 heteroatoms. The van der Waals surface area contributed by atoms with E-state index in [1.807, 2.05) is 0 Å². The predicted molar refractivity (Wildman–Crippen MR) is 107 cm³/mol.